The summed E-state index contributed by atoms with van der Waals surface area (Å²) in [5.74, 6) is -0.576. The van der Waals surface area contributed by atoms with Gasteiger partial charge in [0, 0.05) is 11.9 Å². The van der Waals surface area contributed by atoms with Gasteiger partial charge in [-0.15, -0.1) is 0 Å². The Morgan fingerprint density at radius 3 is 2.73 bits per heavy atom. The first kappa shape index (κ1) is 17.5. The van der Waals surface area contributed by atoms with E-state index < -0.39 is 18.5 Å². The molecule has 1 aromatic carbocycles. The number of esters is 1. The van der Waals surface area contributed by atoms with Gasteiger partial charge in [0.05, 0.1) is 12.8 Å². The predicted molar refractivity (Wildman–Crippen MR) is 96.6 cm³/mol. The van der Waals surface area contributed by atoms with Gasteiger partial charge in [-0.3, -0.25) is 4.79 Å². The Bertz CT molecular complexity index is 978. The molecule has 0 fully saturated rings. The van der Waals surface area contributed by atoms with Gasteiger partial charge in [-0.25, -0.2) is 9.78 Å². The van der Waals surface area contributed by atoms with E-state index in [0.29, 0.717) is 17.1 Å². The van der Waals surface area contributed by atoms with Crippen molar-refractivity contribution in [3.63, 3.8) is 0 Å². The van der Waals surface area contributed by atoms with Crippen molar-refractivity contribution in [1.29, 1.82) is 0 Å². The molecule has 7 nitrogen and oxygen atoms in total. The van der Waals surface area contributed by atoms with E-state index in [4.69, 9.17) is 9.47 Å². The Labute approximate surface area is 150 Å². The Hall–Kier alpha value is -3.35. The predicted octanol–water partition coefficient (Wildman–Crippen LogP) is 2.76. The zero-order valence-electron chi connectivity index (χ0n) is 14.8. The fraction of sp³-hybridized carbons (Fsp3) is 0.211. The molecule has 0 aliphatic carbocycles. The average molecular weight is 353 g/mol. The maximum Gasteiger partial charge on any atom is 0.359 e. The second-order valence-corrected chi connectivity index (χ2v) is 5.85. The molecule has 7 heteroatoms. The number of anilines is 1. The highest BCUT2D eigenvalue weighted by Gasteiger charge is 2.15. The van der Waals surface area contributed by atoms with E-state index in [-0.39, 0.29) is 5.69 Å². The maximum absolute atomic E-state index is 12.2. The molecule has 0 bridgehead atoms. The summed E-state index contributed by atoms with van der Waals surface area (Å²) in [5, 5.41) is 2.68. The number of fused-ring (bicyclic) bond motifs is 1. The van der Waals surface area contributed by atoms with Crippen LogP contribution in [-0.2, 0) is 9.53 Å². The van der Waals surface area contributed by atoms with Crippen LogP contribution in [0, 0.1) is 13.8 Å². The Morgan fingerprint density at radius 1 is 1.19 bits per heavy atom. The lowest BCUT2D eigenvalue weighted by Crippen LogP contribution is -2.21. The number of nitrogens with zero attached hydrogens (tertiary/aromatic N) is 2. The standard InChI is InChI=1S/C19H19N3O4/c1-12-7-8-16(25-3)14(9-12)21-18(23)11-26-19(24)15-10-22-13(2)5-4-6-17(22)20-15/h4-10H,11H2,1-3H3,(H,21,23). The average Bonchev–Trinajstić information content (AvgIpc) is 3.06. The van der Waals surface area contributed by atoms with Gasteiger partial charge in [0.25, 0.3) is 5.91 Å². The van der Waals surface area contributed by atoms with Crippen molar-refractivity contribution >= 4 is 23.2 Å². The van der Waals surface area contributed by atoms with E-state index in [2.05, 4.69) is 10.3 Å². The number of nitrogens with one attached hydrogen (secondary N) is 1. The largest absolute Gasteiger partial charge is 0.495 e. The molecule has 0 radical (unpaired) electrons. The molecule has 0 atom stereocenters. The number of carbonyl (C=O) groups excluding carboxylic acids is 2. The number of ether oxygens (including phenoxy) is 2. The fourth-order valence-electron chi connectivity index (χ4n) is 2.56. The van der Waals surface area contributed by atoms with Gasteiger partial charge in [-0.1, -0.05) is 12.1 Å². The molecular weight excluding hydrogens is 334 g/mol. The van der Waals surface area contributed by atoms with Crippen LogP contribution in [0.5, 0.6) is 5.75 Å². The van der Waals surface area contributed by atoms with Crippen molar-refractivity contribution < 1.29 is 19.1 Å². The number of pyridine rings is 1. The highest BCUT2D eigenvalue weighted by atomic mass is 16.5. The third-order valence-corrected chi connectivity index (χ3v) is 3.87. The molecule has 1 amide bonds. The molecular formula is C19H19N3O4. The van der Waals surface area contributed by atoms with E-state index in [1.165, 1.54) is 7.11 Å². The number of imidazole rings is 1. The normalized spacial score (nSPS) is 10.6. The van der Waals surface area contributed by atoms with Crippen LogP contribution in [0.4, 0.5) is 5.69 Å². The lowest BCUT2D eigenvalue weighted by Gasteiger charge is -2.11. The number of rotatable bonds is 5. The van der Waals surface area contributed by atoms with Gasteiger partial charge in [0.15, 0.2) is 12.3 Å². The first-order chi connectivity index (χ1) is 12.5. The number of amides is 1. The number of aryl methyl sites for hydroxylation is 2. The summed E-state index contributed by atoms with van der Waals surface area (Å²) in [5.41, 5.74) is 3.24. The summed E-state index contributed by atoms with van der Waals surface area (Å²) < 4.78 is 12.1. The number of carbonyl (C=O) groups is 2. The number of methoxy groups -OCH3 is 1. The van der Waals surface area contributed by atoms with E-state index >= 15 is 0 Å². The van der Waals surface area contributed by atoms with E-state index in [9.17, 15) is 9.59 Å². The van der Waals surface area contributed by atoms with E-state index in [0.717, 1.165) is 11.3 Å². The second-order valence-electron chi connectivity index (χ2n) is 5.85. The lowest BCUT2D eigenvalue weighted by molar-refractivity contribution is -0.119. The van der Waals surface area contributed by atoms with Gasteiger partial charge in [-0.2, -0.15) is 0 Å². The molecule has 1 N–H and O–H groups in total. The van der Waals surface area contributed by atoms with E-state index in [1.807, 2.05) is 32.0 Å². The number of hydrogen-bond donors (Lipinski definition) is 1. The summed E-state index contributed by atoms with van der Waals surface area (Å²) in [6.07, 6.45) is 1.59. The summed E-state index contributed by atoms with van der Waals surface area (Å²) in [4.78, 5) is 28.5. The Kier molecular flexibility index (Phi) is 4.88. The van der Waals surface area contributed by atoms with E-state index in [1.54, 1.807) is 28.8 Å². The van der Waals surface area contributed by atoms with Crippen molar-refractivity contribution in [1.82, 2.24) is 9.38 Å². The van der Waals surface area contributed by atoms with Crippen molar-refractivity contribution in [2.75, 3.05) is 19.0 Å². The van der Waals surface area contributed by atoms with Gasteiger partial charge >= 0.3 is 5.97 Å². The number of aromatic nitrogens is 2. The van der Waals surface area contributed by atoms with Gasteiger partial charge < -0.3 is 19.2 Å². The molecule has 2 aromatic heterocycles. The van der Waals surface area contributed by atoms with Crippen LogP contribution in [0.3, 0.4) is 0 Å². The first-order valence-electron chi connectivity index (χ1n) is 8.04. The zero-order chi connectivity index (χ0) is 18.7. The highest BCUT2D eigenvalue weighted by Crippen LogP contribution is 2.25. The Morgan fingerprint density at radius 2 is 2.00 bits per heavy atom. The minimum Gasteiger partial charge on any atom is -0.495 e. The molecule has 0 saturated heterocycles. The summed E-state index contributed by atoms with van der Waals surface area (Å²) in [6.45, 7) is 3.40. The minimum atomic E-state index is -0.653. The third kappa shape index (κ3) is 3.66. The zero-order valence-corrected chi connectivity index (χ0v) is 14.8. The molecule has 0 aliphatic rings. The van der Waals surface area contributed by atoms with Crippen LogP contribution < -0.4 is 10.1 Å². The van der Waals surface area contributed by atoms with Crippen LogP contribution >= 0.6 is 0 Å². The quantitative estimate of drug-likeness (QED) is 0.713. The molecule has 0 unspecified atom stereocenters. The number of hydrogen-bond acceptors (Lipinski definition) is 5. The third-order valence-electron chi connectivity index (χ3n) is 3.87. The highest BCUT2D eigenvalue weighted by molar-refractivity contribution is 5.96. The smallest absolute Gasteiger partial charge is 0.359 e. The maximum atomic E-state index is 12.2. The van der Waals surface area contributed by atoms with Crippen molar-refractivity contribution in [3.05, 3.63) is 59.5 Å². The van der Waals surface area contributed by atoms with Crippen LogP contribution in [0.25, 0.3) is 5.65 Å². The van der Waals surface area contributed by atoms with Crippen LogP contribution in [-0.4, -0.2) is 35.0 Å². The van der Waals surface area contributed by atoms with Crippen LogP contribution in [0.2, 0.25) is 0 Å². The summed E-state index contributed by atoms with van der Waals surface area (Å²) in [6, 6.07) is 11.0. The van der Waals surface area contributed by atoms with Gasteiger partial charge in [-0.05, 0) is 43.7 Å². The fourth-order valence-corrected chi connectivity index (χ4v) is 2.56. The van der Waals surface area contributed by atoms with Crippen molar-refractivity contribution in [2.45, 2.75) is 13.8 Å². The molecule has 26 heavy (non-hydrogen) atoms. The number of benzene rings is 1. The SMILES string of the molecule is COc1ccc(C)cc1NC(=O)COC(=O)c1cn2c(C)cccc2n1. The van der Waals surface area contributed by atoms with Crippen molar-refractivity contribution in [3.8, 4) is 5.75 Å². The first-order valence-corrected chi connectivity index (χ1v) is 8.04. The minimum absolute atomic E-state index is 0.153. The van der Waals surface area contributed by atoms with Gasteiger partial charge in [0.2, 0.25) is 0 Å². The molecule has 2 heterocycles. The van der Waals surface area contributed by atoms with Crippen LogP contribution in [0.1, 0.15) is 21.7 Å². The topological polar surface area (TPSA) is 81.9 Å². The van der Waals surface area contributed by atoms with Crippen LogP contribution in [0.15, 0.2) is 42.6 Å². The lowest BCUT2D eigenvalue weighted by atomic mass is 10.2. The molecule has 0 aliphatic heterocycles. The molecule has 3 aromatic rings. The molecule has 0 spiro atoms. The summed E-state index contributed by atoms with van der Waals surface area (Å²) in [7, 11) is 1.52. The Balaban J connectivity index is 1.64. The monoisotopic (exact) mass is 353 g/mol. The summed E-state index contributed by atoms with van der Waals surface area (Å²) >= 11 is 0. The molecule has 3 rings (SSSR count). The molecule has 134 valence electrons. The van der Waals surface area contributed by atoms with Gasteiger partial charge in [0.1, 0.15) is 11.4 Å². The van der Waals surface area contributed by atoms with Crippen molar-refractivity contribution in [2.24, 2.45) is 0 Å². The molecule has 0 saturated carbocycles. The second kappa shape index (κ2) is 7.26.